The fraction of sp³-hybridized carbons (Fsp3) is 0.154. The molecule has 0 N–H and O–H groups in total. The molecule has 1 aromatic rings. The third kappa shape index (κ3) is 3.23. The van der Waals surface area contributed by atoms with Crippen LogP contribution in [0, 0.1) is 0 Å². The molecule has 0 atom stereocenters. The van der Waals surface area contributed by atoms with Gasteiger partial charge in [0.15, 0.2) is 0 Å². The average Bonchev–Trinajstić information content (AvgIpc) is 2.30. The number of rotatable bonds is 2. The first-order valence-electron chi connectivity index (χ1n) is 4.84. The summed E-state index contributed by atoms with van der Waals surface area (Å²) in [7, 11) is 0. The third-order valence-electron chi connectivity index (χ3n) is 1.86. The van der Waals surface area contributed by atoms with Crippen LogP contribution in [0.15, 0.2) is 47.7 Å². The Morgan fingerprint density at radius 2 is 1.88 bits per heavy atom. The summed E-state index contributed by atoms with van der Waals surface area (Å²) in [5.74, 6) is -1.32. The van der Waals surface area contributed by atoms with E-state index in [-0.39, 0.29) is 5.57 Å². The van der Waals surface area contributed by atoms with Crippen LogP contribution in [0.4, 0.5) is 0 Å². The van der Waals surface area contributed by atoms with Gasteiger partial charge in [-0.1, -0.05) is 18.2 Å². The Morgan fingerprint density at radius 3 is 2.44 bits per heavy atom. The molecule has 0 aliphatic heterocycles. The molecular formula is C13H12O3. The van der Waals surface area contributed by atoms with E-state index < -0.39 is 11.9 Å². The van der Waals surface area contributed by atoms with Gasteiger partial charge in [-0.05, 0) is 32.1 Å². The second-order valence-electron chi connectivity index (χ2n) is 3.10. The van der Waals surface area contributed by atoms with Gasteiger partial charge in [-0.15, -0.1) is 5.73 Å². The summed E-state index contributed by atoms with van der Waals surface area (Å²) in [6, 6.07) is 8.36. The number of esters is 2. The summed E-state index contributed by atoms with van der Waals surface area (Å²) in [4.78, 5) is 22.8. The lowest BCUT2D eigenvalue weighted by Gasteiger charge is -2.01. The molecule has 1 rings (SSSR count). The summed E-state index contributed by atoms with van der Waals surface area (Å²) >= 11 is 0. The highest BCUT2D eigenvalue weighted by atomic mass is 16.6. The molecule has 0 aliphatic rings. The monoisotopic (exact) mass is 216 g/mol. The van der Waals surface area contributed by atoms with Crippen LogP contribution in [0.2, 0.25) is 0 Å². The van der Waals surface area contributed by atoms with E-state index in [1.807, 2.05) is 0 Å². The summed E-state index contributed by atoms with van der Waals surface area (Å²) in [5.41, 5.74) is 3.29. The number of hydrogen-bond acceptors (Lipinski definition) is 3. The number of benzene rings is 1. The molecule has 0 bridgehead atoms. The van der Waals surface area contributed by atoms with Gasteiger partial charge in [0.25, 0.3) is 0 Å². The Kier molecular flexibility index (Phi) is 4.25. The van der Waals surface area contributed by atoms with E-state index in [2.05, 4.69) is 10.5 Å². The van der Waals surface area contributed by atoms with Crippen LogP contribution in [0.25, 0.3) is 0 Å². The topological polar surface area (TPSA) is 43.4 Å². The highest BCUT2D eigenvalue weighted by molar-refractivity contribution is 6.01. The molecule has 0 unspecified atom stereocenters. The standard InChI is InChI=1S/C13H12O3/c1-3-7-10(2)12(14)16-13(15)11-8-5-4-6-9-11/h3-6,8-9H,1-2H3. The third-order valence-corrected chi connectivity index (χ3v) is 1.86. The van der Waals surface area contributed by atoms with E-state index in [0.717, 1.165) is 0 Å². The molecule has 0 heterocycles. The lowest BCUT2D eigenvalue weighted by atomic mass is 10.2. The second kappa shape index (κ2) is 5.69. The Bertz CT molecular complexity index is 451. The zero-order valence-electron chi connectivity index (χ0n) is 9.19. The Hall–Kier alpha value is -2.12. The summed E-state index contributed by atoms with van der Waals surface area (Å²) in [6.45, 7) is 3.27. The summed E-state index contributed by atoms with van der Waals surface area (Å²) in [6.07, 6.45) is 1.59. The van der Waals surface area contributed by atoms with Crippen LogP contribution in [-0.2, 0) is 9.53 Å². The van der Waals surface area contributed by atoms with E-state index in [0.29, 0.717) is 5.56 Å². The van der Waals surface area contributed by atoms with Gasteiger partial charge in [-0.3, -0.25) is 0 Å². The van der Waals surface area contributed by atoms with Gasteiger partial charge in [0.2, 0.25) is 0 Å². The molecule has 0 saturated heterocycles. The molecule has 0 amide bonds. The molecule has 3 nitrogen and oxygen atoms in total. The minimum absolute atomic E-state index is 0.270. The van der Waals surface area contributed by atoms with Crippen LogP contribution in [0.5, 0.6) is 0 Å². The molecular weight excluding hydrogens is 204 g/mol. The lowest BCUT2D eigenvalue weighted by Crippen LogP contribution is -2.12. The van der Waals surface area contributed by atoms with Crippen molar-refractivity contribution in [3.63, 3.8) is 0 Å². The Balaban J connectivity index is 2.74. The molecule has 1 aromatic carbocycles. The maximum atomic E-state index is 11.5. The molecule has 0 radical (unpaired) electrons. The minimum Gasteiger partial charge on any atom is -0.385 e. The normalized spacial score (nSPS) is 8.88. The largest absolute Gasteiger partial charge is 0.385 e. The van der Waals surface area contributed by atoms with Crippen molar-refractivity contribution in [2.45, 2.75) is 13.8 Å². The van der Waals surface area contributed by atoms with Gasteiger partial charge in [0.1, 0.15) is 0 Å². The first kappa shape index (κ1) is 12.0. The van der Waals surface area contributed by atoms with Gasteiger partial charge in [-0.25, -0.2) is 9.59 Å². The average molecular weight is 216 g/mol. The van der Waals surface area contributed by atoms with Crippen molar-refractivity contribution in [2.75, 3.05) is 0 Å². The Labute approximate surface area is 94.0 Å². The minimum atomic E-state index is -0.674. The van der Waals surface area contributed by atoms with Crippen molar-refractivity contribution in [1.29, 1.82) is 0 Å². The van der Waals surface area contributed by atoms with Gasteiger partial charge in [0, 0.05) is 0 Å². The number of carbonyl (C=O) groups excluding carboxylic acids is 2. The fourth-order valence-electron chi connectivity index (χ4n) is 1.07. The van der Waals surface area contributed by atoms with Crippen LogP contribution >= 0.6 is 0 Å². The molecule has 0 fully saturated rings. The zero-order chi connectivity index (χ0) is 12.0. The number of ether oxygens (including phenoxy) is 1. The second-order valence-corrected chi connectivity index (χ2v) is 3.10. The Morgan fingerprint density at radius 1 is 1.25 bits per heavy atom. The molecule has 0 saturated carbocycles. The quantitative estimate of drug-likeness (QED) is 0.330. The van der Waals surface area contributed by atoms with E-state index in [9.17, 15) is 9.59 Å². The smallest absolute Gasteiger partial charge is 0.349 e. The first-order valence-corrected chi connectivity index (χ1v) is 4.84. The van der Waals surface area contributed by atoms with Crippen LogP contribution < -0.4 is 0 Å². The van der Waals surface area contributed by atoms with Gasteiger partial charge >= 0.3 is 11.9 Å². The van der Waals surface area contributed by atoms with Crippen molar-refractivity contribution in [3.8, 4) is 0 Å². The van der Waals surface area contributed by atoms with E-state index >= 15 is 0 Å². The molecule has 3 heteroatoms. The van der Waals surface area contributed by atoms with Crippen molar-refractivity contribution < 1.29 is 14.3 Å². The SMILES string of the molecule is CC=C=C(C)C(=O)OC(=O)c1ccccc1. The van der Waals surface area contributed by atoms with E-state index in [4.69, 9.17) is 0 Å². The number of carbonyl (C=O) groups is 2. The first-order chi connectivity index (χ1) is 7.65. The highest BCUT2D eigenvalue weighted by Gasteiger charge is 2.13. The fourth-order valence-corrected chi connectivity index (χ4v) is 1.07. The van der Waals surface area contributed by atoms with E-state index in [1.165, 1.54) is 0 Å². The van der Waals surface area contributed by atoms with Gasteiger partial charge < -0.3 is 4.74 Å². The van der Waals surface area contributed by atoms with Crippen molar-refractivity contribution in [2.24, 2.45) is 0 Å². The number of hydrogen-bond donors (Lipinski definition) is 0. The van der Waals surface area contributed by atoms with Crippen LogP contribution in [0.1, 0.15) is 24.2 Å². The zero-order valence-corrected chi connectivity index (χ0v) is 9.19. The van der Waals surface area contributed by atoms with Crippen LogP contribution in [0.3, 0.4) is 0 Å². The maximum absolute atomic E-state index is 11.5. The summed E-state index contributed by atoms with van der Waals surface area (Å²) < 4.78 is 4.65. The molecule has 0 aromatic heterocycles. The molecule has 16 heavy (non-hydrogen) atoms. The highest BCUT2D eigenvalue weighted by Crippen LogP contribution is 2.03. The lowest BCUT2D eigenvalue weighted by molar-refractivity contribution is -0.133. The van der Waals surface area contributed by atoms with Crippen molar-refractivity contribution >= 4 is 11.9 Å². The molecule has 0 spiro atoms. The van der Waals surface area contributed by atoms with E-state index in [1.54, 1.807) is 50.3 Å². The predicted molar refractivity (Wildman–Crippen MR) is 59.8 cm³/mol. The van der Waals surface area contributed by atoms with Gasteiger partial charge in [-0.2, -0.15) is 0 Å². The van der Waals surface area contributed by atoms with Crippen molar-refractivity contribution in [1.82, 2.24) is 0 Å². The molecule has 0 aliphatic carbocycles. The summed E-state index contributed by atoms with van der Waals surface area (Å²) in [5, 5.41) is 0. The molecule has 82 valence electrons. The predicted octanol–water partition coefficient (Wildman–Crippen LogP) is 2.49. The maximum Gasteiger partial charge on any atom is 0.349 e. The van der Waals surface area contributed by atoms with Crippen molar-refractivity contribution in [3.05, 3.63) is 53.3 Å². The van der Waals surface area contributed by atoms with Gasteiger partial charge in [0.05, 0.1) is 11.1 Å². The van der Waals surface area contributed by atoms with Crippen LogP contribution in [-0.4, -0.2) is 11.9 Å².